The Labute approximate surface area is 128 Å². The third kappa shape index (κ3) is 4.54. The van der Waals surface area contributed by atoms with E-state index in [-0.39, 0.29) is 19.1 Å². The van der Waals surface area contributed by atoms with Gasteiger partial charge in [0.15, 0.2) is 11.6 Å². The first-order chi connectivity index (χ1) is 10.4. The minimum atomic E-state index is -0.252. The highest BCUT2D eigenvalue weighted by Gasteiger charge is 2.14. The maximum absolute atomic E-state index is 12.0. The van der Waals surface area contributed by atoms with Crippen LogP contribution < -0.4 is 5.32 Å². The molecule has 2 amide bonds. The molecule has 0 aliphatic carbocycles. The van der Waals surface area contributed by atoms with Crippen molar-refractivity contribution in [2.75, 3.05) is 7.05 Å². The number of urea groups is 1. The third-order valence-electron chi connectivity index (χ3n) is 2.86. The maximum Gasteiger partial charge on any atom is 0.317 e. The summed E-state index contributed by atoms with van der Waals surface area (Å²) in [5, 5.41) is 13.3. The van der Waals surface area contributed by atoms with Gasteiger partial charge in [0.25, 0.3) is 0 Å². The van der Waals surface area contributed by atoms with Gasteiger partial charge >= 0.3 is 6.03 Å². The monoisotopic (exact) mass is 307 g/mol. The highest BCUT2D eigenvalue weighted by molar-refractivity contribution is 5.73. The molecule has 0 fully saturated rings. The molecule has 2 rings (SSSR count). The lowest BCUT2D eigenvalue weighted by atomic mass is 10.1. The Morgan fingerprint density at radius 2 is 2.14 bits per heavy atom. The fourth-order valence-electron chi connectivity index (χ4n) is 1.83. The van der Waals surface area contributed by atoms with Crippen LogP contribution in [0.4, 0.5) is 4.79 Å². The van der Waals surface area contributed by atoms with Crippen molar-refractivity contribution in [1.29, 1.82) is 0 Å². The number of aryl methyl sites for hydroxylation is 1. The lowest BCUT2D eigenvalue weighted by Gasteiger charge is -2.15. The molecule has 0 spiro atoms. The van der Waals surface area contributed by atoms with Gasteiger partial charge < -0.3 is 14.7 Å². The zero-order chi connectivity index (χ0) is 16.1. The van der Waals surface area contributed by atoms with Crippen LogP contribution in [0.2, 0.25) is 0 Å². The average Bonchev–Trinajstić information content (AvgIpc) is 3.04. The summed E-state index contributed by atoms with van der Waals surface area (Å²) < 4.78 is 5.14. The largest absolute Gasteiger partial charge is 0.339 e. The molecule has 0 bridgehead atoms. The van der Waals surface area contributed by atoms with Crippen LogP contribution in [0.25, 0.3) is 0 Å². The number of nitrogens with zero attached hydrogens (tertiary/aromatic N) is 5. The molecule has 9 nitrogen and oxygen atoms in total. The van der Waals surface area contributed by atoms with E-state index in [9.17, 15) is 4.79 Å². The summed E-state index contributed by atoms with van der Waals surface area (Å²) >= 11 is 0. The first kappa shape index (κ1) is 15.9. The maximum atomic E-state index is 12.0. The van der Waals surface area contributed by atoms with Crippen LogP contribution in [0.3, 0.4) is 0 Å². The summed E-state index contributed by atoms with van der Waals surface area (Å²) in [4.78, 5) is 21.8. The molecule has 0 saturated heterocycles. The highest BCUT2D eigenvalue weighted by Crippen LogP contribution is 2.06. The second-order valence-electron chi connectivity index (χ2n) is 5.55. The molecule has 9 heteroatoms. The van der Waals surface area contributed by atoms with Crippen LogP contribution in [-0.4, -0.2) is 43.3 Å². The van der Waals surface area contributed by atoms with Crippen LogP contribution in [0.1, 0.15) is 37.2 Å². The fraction of sp³-hybridized carbons (Fsp3) is 0.615. The summed E-state index contributed by atoms with van der Waals surface area (Å²) in [6.07, 6.45) is 0.729. The van der Waals surface area contributed by atoms with E-state index in [2.05, 4.69) is 44.5 Å². The normalized spacial score (nSPS) is 11.0. The van der Waals surface area contributed by atoms with Gasteiger partial charge in [-0.15, -0.1) is 0 Å². The van der Waals surface area contributed by atoms with Crippen LogP contribution in [0, 0.1) is 12.8 Å². The quantitative estimate of drug-likeness (QED) is 0.824. The topological polar surface area (TPSA) is 113 Å². The number of hydrogen-bond acceptors (Lipinski definition) is 6. The average molecular weight is 307 g/mol. The number of H-pyrrole nitrogens is 1. The second-order valence-corrected chi connectivity index (χ2v) is 5.55. The van der Waals surface area contributed by atoms with E-state index >= 15 is 0 Å². The van der Waals surface area contributed by atoms with Gasteiger partial charge in [0, 0.05) is 13.5 Å². The Hall–Kier alpha value is -2.45. The third-order valence-corrected chi connectivity index (χ3v) is 2.86. The van der Waals surface area contributed by atoms with Gasteiger partial charge in [-0.2, -0.15) is 10.1 Å². The molecule has 2 N–H and O–H groups in total. The molecule has 120 valence electrons. The number of carbonyl (C=O) groups is 1. The standard InChI is InChI=1S/C13H21N7O2/c1-8(2)5-12-16-11(19-22-12)7-20(4)13(21)14-6-10-15-9(3)17-18-10/h8H,5-7H2,1-4H3,(H,14,21)(H,15,17,18). The molecule has 0 atom stereocenters. The molecule has 0 aromatic carbocycles. The van der Waals surface area contributed by atoms with Gasteiger partial charge in [0.2, 0.25) is 5.89 Å². The van der Waals surface area contributed by atoms with E-state index in [0.29, 0.717) is 29.3 Å². The lowest BCUT2D eigenvalue weighted by Crippen LogP contribution is -2.36. The Balaban J connectivity index is 1.81. The number of amides is 2. The molecule has 0 aliphatic rings. The number of aromatic nitrogens is 5. The van der Waals surface area contributed by atoms with Crippen molar-refractivity contribution in [2.24, 2.45) is 5.92 Å². The van der Waals surface area contributed by atoms with E-state index in [1.54, 1.807) is 14.0 Å². The Morgan fingerprint density at radius 1 is 1.36 bits per heavy atom. The Kier molecular flexibility index (Phi) is 5.08. The zero-order valence-electron chi connectivity index (χ0n) is 13.3. The van der Waals surface area contributed by atoms with Gasteiger partial charge in [-0.05, 0) is 12.8 Å². The van der Waals surface area contributed by atoms with Crippen molar-refractivity contribution in [3.05, 3.63) is 23.4 Å². The molecule has 0 unspecified atom stereocenters. The Bertz CT molecular complexity index is 619. The number of rotatable bonds is 6. The van der Waals surface area contributed by atoms with Crippen molar-refractivity contribution in [3.63, 3.8) is 0 Å². The summed E-state index contributed by atoms with van der Waals surface area (Å²) in [7, 11) is 1.66. The Morgan fingerprint density at radius 3 is 2.77 bits per heavy atom. The molecule has 22 heavy (non-hydrogen) atoms. The molecular formula is C13H21N7O2. The van der Waals surface area contributed by atoms with Crippen LogP contribution in [0.5, 0.6) is 0 Å². The van der Waals surface area contributed by atoms with Gasteiger partial charge in [-0.25, -0.2) is 9.78 Å². The van der Waals surface area contributed by atoms with Crippen LogP contribution in [0.15, 0.2) is 4.52 Å². The number of hydrogen-bond donors (Lipinski definition) is 2. The molecular weight excluding hydrogens is 286 g/mol. The van der Waals surface area contributed by atoms with E-state index in [1.165, 1.54) is 4.90 Å². The smallest absolute Gasteiger partial charge is 0.317 e. The SMILES string of the molecule is Cc1nc(CNC(=O)N(C)Cc2noc(CC(C)C)n2)n[nH]1. The van der Waals surface area contributed by atoms with E-state index < -0.39 is 0 Å². The minimum absolute atomic E-state index is 0.252. The fourth-order valence-corrected chi connectivity index (χ4v) is 1.83. The van der Waals surface area contributed by atoms with E-state index in [4.69, 9.17) is 4.52 Å². The molecule has 2 heterocycles. The highest BCUT2D eigenvalue weighted by atomic mass is 16.5. The summed E-state index contributed by atoms with van der Waals surface area (Å²) in [5.41, 5.74) is 0. The van der Waals surface area contributed by atoms with Crippen molar-refractivity contribution in [1.82, 2.24) is 35.5 Å². The van der Waals surface area contributed by atoms with Crippen LogP contribution in [-0.2, 0) is 19.5 Å². The predicted molar refractivity (Wildman–Crippen MR) is 77.7 cm³/mol. The van der Waals surface area contributed by atoms with Gasteiger partial charge in [0.1, 0.15) is 5.82 Å². The van der Waals surface area contributed by atoms with Gasteiger partial charge in [-0.1, -0.05) is 19.0 Å². The first-order valence-electron chi connectivity index (χ1n) is 7.12. The van der Waals surface area contributed by atoms with E-state index in [0.717, 1.165) is 6.42 Å². The number of carbonyl (C=O) groups excluding carboxylic acids is 1. The van der Waals surface area contributed by atoms with Crippen molar-refractivity contribution < 1.29 is 9.32 Å². The van der Waals surface area contributed by atoms with Crippen molar-refractivity contribution >= 4 is 6.03 Å². The van der Waals surface area contributed by atoms with E-state index in [1.807, 2.05) is 0 Å². The van der Waals surface area contributed by atoms with Gasteiger partial charge in [-0.3, -0.25) is 5.10 Å². The van der Waals surface area contributed by atoms with Crippen molar-refractivity contribution in [2.45, 2.75) is 40.3 Å². The molecule has 2 aromatic heterocycles. The predicted octanol–water partition coefficient (Wildman–Crippen LogP) is 1.04. The molecule has 2 aromatic rings. The first-order valence-corrected chi connectivity index (χ1v) is 7.12. The van der Waals surface area contributed by atoms with Gasteiger partial charge in [0.05, 0.1) is 13.1 Å². The molecule has 0 aliphatic heterocycles. The number of aromatic amines is 1. The van der Waals surface area contributed by atoms with Crippen LogP contribution >= 0.6 is 0 Å². The number of nitrogens with one attached hydrogen (secondary N) is 2. The summed E-state index contributed by atoms with van der Waals surface area (Å²) in [6.45, 7) is 6.50. The summed E-state index contributed by atoms with van der Waals surface area (Å²) in [6, 6.07) is -0.252. The molecule has 0 radical (unpaired) electrons. The lowest BCUT2D eigenvalue weighted by molar-refractivity contribution is 0.204. The summed E-state index contributed by atoms with van der Waals surface area (Å²) in [5.74, 6) is 2.77. The van der Waals surface area contributed by atoms with Crippen molar-refractivity contribution in [3.8, 4) is 0 Å². The second kappa shape index (κ2) is 7.01. The molecule has 0 saturated carbocycles. The minimum Gasteiger partial charge on any atom is -0.339 e. The zero-order valence-corrected chi connectivity index (χ0v) is 13.3.